The number of aromatic nitrogens is 12. The summed E-state index contributed by atoms with van der Waals surface area (Å²) in [4.78, 5) is 19.2. The van der Waals surface area contributed by atoms with Gasteiger partial charge in [0.25, 0.3) is 0 Å². The molecule has 0 fully saturated rings. The second-order valence-electron chi connectivity index (χ2n) is 39.6. The molecular formula is C117H104BrN15Pt. The van der Waals surface area contributed by atoms with Crippen LogP contribution in [0.3, 0.4) is 0 Å². The average molecular weight is 2000 g/mol. The first-order chi connectivity index (χ1) is 64.0. The molecule has 21 aromatic rings. The minimum Gasteiger partial charge on any atom is -0.358 e. The molecular weight excluding hydrogens is 1890 g/mol. The molecule has 0 spiro atoms. The van der Waals surface area contributed by atoms with Crippen LogP contribution in [0.15, 0.2) is 357 Å². The van der Waals surface area contributed by atoms with Crippen molar-refractivity contribution in [1.82, 2.24) is 58.0 Å². The molecule has 12 heterocycles. The smallest absolute Gasteiger partial charge is 0.358 e. The summed E-state index contributed by atoms with van der Waals surface area (Å²) in [5, 5.41) is 24.2. The minimum atomic E-state index is -0.210. The maximum absolute atomic E-state index is 4.91. The number of nitrogens with zero attached hydrogens (tertiary/aromatic N) is 14. The normalized spacial score (nSPS) is 13.8. The Labute approximate surface area is 805 Å². The molecule has 0 atom stereocenters. The van der Waals surface area contributed by atoms with Crippen LogP contribution < -0.4 is 15.1 Å². The van der Waals surface area contributed by atoms with Gasteiger partial charge in [0.2, 0.25) is 0 Å². The molecule has 0 aliphatic carbocycles. The van der Waals surface area contributed by atoms with E-state index in [9.17, 15) is 0 Å². The van der Waals surface area contributed by atoms with E-state index in [1.807, 2.05) is 75.6 Å². The van der Waals surface area contributed by atoms with E-state index in [1.165, 1.54) is 99.4 Å². The van der Waals surface area contributed by atoms with Gasteiger partial charge in [-0.15, -0.1) is 35.2 Å². The molecule has 664 valence electrons. The van der Waals surface area contributed by atoms with Crippen molar-refractivity contribution in [3.63, 3.8) is 0 Å². The zero-order chi connectivity index (χ0) is 91.8. The fraction of sp³-hybridized carbons (Fsp3) is 0.179. The van der Waals surface area contributed by atoms with Gasteiger partial charge in [-0.3, -0.25) is 13.8 Å². The average Bonchev–Trinajstić information content (AvgIpc) is 1.36. The van der Waals surface area contributed by atoms with E-state index in [2.05, 4.69) is 460 Å². The summed E-state index contributed by atoms with van der Waals surface area (Å²) in [6.45, 7) is 33.9. The van der Waals surface area contributed by atoms with Gasteiger partial charge in [-0.05, 0) is 217 Å². The van der Waals surface area contributed by atoms with Crippen LogP contribution in [0.1, 0.15) is 154 Å². The fourth-order valence-corrected chi connectivity index (χ4v) is 20.3. The van der Waals surface area contributed by atoms with Crippen molar-refractivity contribution < 1.29 is 21.1 Å². The topological polar surface area (TPSA) is 125 Å². The van der Waals surface area contributed by atoms with Gasteiger partial charge in [-0.2, -0.15) is 27.4 Å². The van der Waals surface area contributed by atoms with Crippen LogP contribution in [-0.2, 0) is 53.6 Å². The SMILES string of the molecule is CC(C)(C)c1ccnc(-n2c3[c-]c(N4c5[c-]c(-n6cccn6)ccc5C(C)(C)c5ccccc54)ccc3c3ccccc32)c1.CC(C)(C)c1ccnc(-n2c3ccccc3c3ccc(Br)cc32)c1.CC(C)(C)c1ccnc(-n2c3ccccc3c3ccc(N4c5ccccc5C(C)(C)c5ccc(-n6cccn6)cc54)cc32)c1.CC1(C)c2ccccc2Nc2cc(-n3cccn3)ccc21.[Pt+2]. The third-order valence-electron chi connectivity index (χ3n) is 27.1. The minimum absolute atomic E-state index is 0. The van der Waals surface area contributed by atoms with Crippen LogP contribution >= 0.6 is 15.9 Å². The zero-order valence-corrected chi connectivity index (χ0v) is 81.8. The Morgan fingerprint density at radius 1 is 0.299 bits per heavy atom. The van der Waals surface area contributed by atoms with Crippen LogP contribution in [0.5, 0.6) is 0 Å². The third-order valence-corrected chi connectivity index (χ3v) is 27.5. The Bertz CT molecular complexity index is 7750. The van der Waals surface area contributed by atoms with E-state index in [0.717, 1.165) is 101 Å². The number of hydrogen-bond acceptors (Lipinski definition) is 9. The summed E-state index contributed by atoms with van der Waals surface area (Å²) < 4.78 is 13.6. The Kier molecular flexibility index (Phi) is 22.1. The molecule has 0 radical (unpaired) electrons. The molecule has 0 unspecified atom stereocenters. The third kappa shape index (κ3) is 15.4. The number of nitrogens with one attached hydrogen (secondary N) is 1. The van der Waals surface area contributed by atoms with Crippen molar-refractivity contribution in [2.24, 2.45) is 0 Å². The van der Waals surface area contributed by atoms with Crippen LogP contribution in [-0.4, -0.2) is 58.0 Å². The number of rotatable bonds is 8. The molecule has 3 aliphatic heterocycles. The summed E-state index contributed by atoms with van der Waals surface area (Å²) in [6.07, 6.45) is 17.1. The number of pyridine rings is 3. The molecule has 0 amide bonds. The monoisotopic (exact) mass is 1990 g/mol. The molecule has 1 N–H and O–H groups in total. The molecule has 3 aliphatic rings. The van der Waals surface area contributed by atoms with E-state index in [0.29, 0.717) is 0 Å². The molecule has 17 heteroatoms. The fourth-order valence-electron chi connectivity index (χ4n) is 19.9. The largest absolute Gasteiger partial charge is 2.00 e. The number of para-hydroxylation sites is 6. The van der Waals surface area contributed by atoms with E-state index >= 15 is 0 Å². The van der Waals surface area contributed by atoms with Gasteiger partial charge >= 0.3 is 21.1 Å². The number of halogens is 1. The number of anilines is 8. The first-order valence-electron chi connectivity index (χ1n) is 45.6. The van der Waals surface area contributed by atoms with Crippen LogP contribution in [0.4, 0.5) is 45.5 Å². The Balaban J connectivity index is 0.000000116. The number of fused-ring (bicyclic) bond motifs is 15. The van der Waals surface area contributed by atoms with Gasteiger partial charge in [-0.25, -0.2) is 24.3 Å². The maximum Gasteiger partial charge on any atom is 2.00 e. The van der Waals surface area contributed by atoms with Crippen molar-refractivity contribution in [3.8, 4) is 34.5 Å². The van der Waals surface area contributed by atoms with Gasteiger partial charge in [0, 0.05) is 121 Å². The van der Waals surface area contributed by atoms with Crippen molar-refractivity contribution >= 4 is 127 Å². The molecule has 0 saturated heterocycles. The van der Waals surface area contributed by atoms with E-state index in [-0.39, 0.29) is 53.6 Å². The summed E-state index contributed by atoms with van der Waals surface area (Å²) in [5.74, 6) is 2.79. The zero-order valence-electron chi connectivity index (χ0n) is 77.9. The summed E-state index contributed by atoms with van der Waals surface area (Å²) in [7, 11) is 0. The predicted molar refractivity (Wildman–Crippen MR) is 550 cm³/mol. The van der Waals surface area contributed by atoms with E-state index in [1.54, 1.807) is 12.4 Å². The number of hydrogen-bond donors (Lipinski definition) is 1. The van der Waals surface area contributed by atoms with Gasteiger partial charge in [0.15, 0.2) is 0 Å². The molecule has 9 aromatic heterocycles. The van der Waals surface area contributed by atoms with Crippen molar-refractivity contribution in [3.05, 3.63) is 420 Å². The maximum atomic E-state index is 4.91. The first kappa shape index (κ1) is 87.7. The summed E-state index contributed by atoms with van der Waals surface area (Å²) >= 11 is 3.61. The Morgan fingerprint density at radius 2 is 0.701 bits per heavy atom. The van der Waals surface area contributed by atoms with Crippen LogP contribution in [0.25, 0.3) is 99.9 Å². The quantitative estimate of drug-likeness (QED) is 0.148. The van der Waals surface area contributed by atoms with Gasteiger partial charge < -0.3 is 19.7 Å². The van der Waals surface area contributed by atoms with Crippen molar-refractivity contribution in [2.75, 3.05) is 15.1 Å². The molecule has 0 saturated carbocycles. The molecule has 0 bridgehead atoms. The van der Waals surface area contributed by atoms with Gasteiger partial charge in [0.1, 0.15) is 17.5 Å². The van der Waals surface area contributed by atoms with Crippen LogP contribution in [0.2, 0.25) is 0 Å². The van der Waals surface area contributed by atoms with E-state index in [4.69, 9.17) is 9.97 Å². The predicted octanol–water partition coefficient (Wildman–Crippen LogP) is 29.6. The Hall–Kier alpha value is -14.3. The molecule has 15 nitrogen and oxygen atoms in total. The van der Waals surface area contributed by atoms with Crippen LogP contribution in [0, 0.1) is 12.1 Å². The standard InChI is InChI=1S/C39H35N5.C39H33N5.C21H19BrN2.C18H17N3.Pt/c2*1-38(2,3)26-19-21-40-37(23-26)44-33-13-8-6-11-29(33)30-17-15-28(25-35(30)44)43-34-14-9-7-12-31(34)39(4,5)32-18-16-27(24-36(32)43)42-22-10-20-41-42;1-21(2,3)14-10-11-23-20(12-14)24-18-7-5-4-6-16(18)17-9-8-15(22)13-19(17)24;1-18(2)14-6-3-4-7-16(14)20-17-12-13(8-9-15(17)18)21-11-5-10-19-21;/h6-25H,1-5H3;6-23H,1-5H3;4-13H,1-3H3;3-12,20H,1-2H3;/q;-2;;;+2. The van der Waals surface area contributed by atoms with Crippen molar-refractivity contribution in [2.45, 2.75) is 136 Å². The van der Waals surface area contributed by atoms with Gasteiger partial charge in [-0.1, -0.05) is 270 Å². The second kappa shape index (κ2) is 33.8. The molecule has 134 heavy (non-hydrogen) atoms. The Morgan fingerprint density at radius 3 is 1.25 bits per heavy atom. The first-order valence-corrected chi connectivity index (χ1v) is 46.4. The molecule has 12 aromatic carbocycles. The van der Waals surface area contributed by atoms with E-state index < -0.39 is 0 Å². The van der Waals surface area contributed by atoms with Gasteiger partial charge in [0.05, 0.1) is 44.8 Å². The molecule has 24 rings (SSSR count). The second-order valence-corrected chi connectivity index (χ2v) is 40.5. The summed E-state index contributed by atoms with van der Waals surface area (Å²) in [6, 6.07) is 113. The summed E-state index contributed by atoms with van der Waals surface area (Å²) in [5.41, 5.74) is 29.9. The van der Waals surface area contributed by atoms with Crippen molar-refractivity contribution in [1.29, 1.82) is 0 Å². The number of benzene rings is 12.